The van der Waals surface area contributed by atoms with Crippen LogP contribution in [-0.4, -0.2) is 100 Å². The molecule has 2 rings (SSSR count). The van der Waals surface area contributed by atoms with E-state index in [0.717, 1.165) is 7.11 Å². The molecule has 0 aromatic carbocycles. The van der Waals surface area contributed by atoms with Gasteiger partial charge in [0.05, 0.1) is 25.4 Å². The van der Waals surface area contributed by atoms with Crippen LogP contribution >= 0.6 is 15.6 Å². The Morgan fingerprint density at radius 2 is 1.19 bits per heavy atom. The number of hydrogen-bond acceptors (Lipinski definition) is 11. The molecule has 0 spiro atoms. The molecule has 184 valence electrons. The molecule has 0 aliphatic carbocycles. The molecule has 2 N–H and O–H groups in total. The number of hydrogen-bond donors (Lipinski definition) is 2. The summed E-state index contributed by atoms with van der Waals surface area (Å²) in [5.41, 5.74) is 0. The summed E-state index contributed by atoms with van der Waals surface area (Å²) >= 11 is 0. The molecule has 0 radical (unpaired) electrons. The van der Waals surface area contributed by atoms with E-state index >= 15 is 0 Å². The second-order valence-electron chi connectivity index (χ2n) is 7.17. The van der Waals surface area contributed by atoms with E-state index < -0.39 is 71.1 Å². The van der Waals surface area contributed by atoms with Crippen LogP contribution in [0, 0.1) is 0 Å². The normalized spacial score (nSPS) is 40.0. The standard InChI is InChI=1S/C16H32O13P2/c1-9-13(22-4)15(11(26-9)7-21-3)29-31(19,20)25-8-12-16(28-30(17,18)24-6)14(23-5)10(2)27-12/h9-16H,7-8H2,1-6H3,(H,17,18)(H,19,20)/t9-,10-,11+,12+,13?,14?,15-,16-/m0/s1. The van der Waals surface area contributed by atoms with Gasteiger partial charge in [-0.3, -0.25) is 18.1 Å². The van der Waals surface area contributed by atoms with Crippen LogP contribution in [0.15, 0.2) is 0 Å². The fraction of sp³-hybridized carbons (Fsp3) is 1.00. The van der Waals surface area contributed by atoms with Crippen molar-refractivity contribution in [2.75, 3.05) is 41.7 Å². The van der Waals surface area contributed by atoms with Crippen molar-refractivity contribution in [3.63, 3.8) is 0 Å². The predicted molar refractivity (Wildman–Crippen MR) is 104 cm³/mol. The van der Waals surface area contributed by atoms with Gasteiger partial charge >= 0.3 is 15.6 Å². The largest absolute Gasteiger partial charge is 0.472 e. The third kappa shape index (κ3) is 7.00. The SMILES string of the molecule is COC[C@H]1O[C@@H](C)C(OC)[C@H]1O[P@@](=O)(O)OC[C@H]1O[C@@H](C)C(OC)[C@H]1O[P@@](=O)(O)OC. The molecule has 0 saturated carbocycles. The Morgan fingerprint density at radius 1 is 0.742 bits per heavy atom. The fourth-order valence-electron chi connectivity index (χ4n) is 3.71. The first-order chi connectivity index (χ1) is 14.5. The van der Waals surface area contributed by atoms with E-state index in [-0.39, 0.29) is 6.61 Å². The molecule has 2 aliphatic heterocycles. The Morgan fingerprint density at radius 3 is 1.61 bits per heavy atom. The van der Waals surface area contributed by atoms with E-state index in [1.165, 1.54) is 21.3 Å². The van der Waals surface area contributed by atoms with Gasteiger partial charge in [-0.1, -0.05) is 0 Å². The number of rotatable bonds is 12. The van der Waals surface area contributed by atoms with Gasteiger partial charge in [0, 0.05) is 28.4 Å². The van der Waals surface area contributed by atoms with Crippen molar-refractivity contribution in [3.8, 4) is 0 Å². The first-order valence-corrected chi connectivity index (χ1v) is 12.6. The summed E-state index contributed by atoms with van der Waals surface area (Å²) in [6.07, 6.45) is -5.99. The third-order valence-electron chi connectivity index (χ3n) is 5.10. The van der Waals surface area contributed by atoms with Crippen LogP contribution in [0.3, 0.4) is 0 Å². The molecule has 10 atom stereocenters. The van der Waals surface area contributed by atoms with Gasteiger partial charge in [-0.05, 0) is 13.8 Å². The minimum atomic E-state index is -4.62. The van der Waals surface area contributed by atoms with E-state index in [1.807, 2.05) is 0 Å². The summed E-state index contributed by atoms with van der Waals surface area (Å²) in [6, 6.07) is 0. The first kappa shape index (κ1) is 27.3. The van der Waals surface area contributed by atoms with Crippen LogP contribution in [0.5, 0.6) is 0 Å². The molecule has 0 aromatic rings. The molecule has 31 heavy (non-hydrogen) atoms. The zero-order valence-electron chi connectivity index (χ0n) is 18.3. The van der Waals surface area contributed by atoms with Gasteiger partial charge in [-0.15, -0.1) is 0 Å². The highest BCUT2D eigenvalue weighted by Crippen LogP contribution is 2.50. The van der Waals surface area contributed by atoms with Crippen LogP contribution in [0.4, 0.5) is 0 Å². The maximum absolute atomic E-state index is 12.6. The van der Waals surface area contributed by atoms with Crippen LogP contribution in [-0.2, 0) is 50.9 Å². The maximum Gasteiger partial charge on any atom is 0.472 e. The highest BCUT2D eigenvalue weighted by Gasteiger charge is 2.50. The summed E-state index contributed by atoms with van der Waals surface area (Å²) < 4.78 is 71.5. The minimum Gasteiger partial charge on any atom is -0.382 e. The van der Waals surface area contributed by atoms with Crippen molar-refractivity contribution in [1.29, 1.82) is 0 Å². The lowest BCUT2D eigenvalue weighted by atomic mass is 10.1. The topological polar surface area (TPSA) is 158 Å². The summed E-state index contributed by atoms with van der Waals surface area (Å²) in [5.74, 6) is 0. The number of ether oxygens (including phenoxy) is 5. The average molecular weight is 494 g/mol. The van der Waals surface area contributed by atoms with Gasteiger partial charge in [-0.25, -0.2) is 9.13 Å². The van der Waals surface area contributed by atoms with Crippen molar-refractivity contribution in [2.45, 2.75) is 62.7 Å². The molecular formula is C16H32O13P2. The summed E-state index contributed by atoms with van der Waals surface area (Å²) in [4.78, 5) is 19.9. The van der Waals surface area contributed by atoms with Gasteiger partial charge in [-0.2, -0.15) is 0 Å². The molecule has 2 fully saturated rings. The predicted octanol–water partition coefficient (Wildman–Crippen LogP) is 0.872. The second-order valence-corrected chi connectivity index (χ2v) is 10.1. The van der Waals surface area contributed by atoms with E-state index in [1.54, 1.807) is 13.8 Å². The molecule has 15 heteroatoms. The lowest BCUT2D eigenvalue weighted by molar-refractivity contribution is -0.0440. The molecule has 13 nitrogen and oxygen atoms in total. The van der Waals surface area contributed by atoms with E-state index in [9.17, 15) is 18.9 Å². The average Bonchev–Trinajstić information content (AvgIpc) is 3.15. The molecule has 2 aliphatic rings. The Hall–Kier alpha value is 0.0200. The Bertz CT molecular complexity index is 663. The van der Waals surface area contributed by atoms with Crippen LogP contribution in [0.2, 0.25) is 0 Å². The van der Waals surface area contributed by atoms with Gasteiger partial charge < -0.3 is 33.5 Å². The van der Waals surface area contributed by atoms with Gasteiger partial charge in [0.2, 0.25) is 0 Å². The lowest BCUT2D eigenvalue weighted by Gasteiger charge is -2.26. The first-order valence-electron chi connectivity index (χ1n) is 9.56. The van der Waals surface area contributed by atoms with Crippen molar-refractivity contribution in [2.24, 2.45) is 0 Å². The van der Waals surface area contributed by atoms with Crippen molar-refractivity contribution in [1.82, 2.24) is 0 Å². The summed E-state index contributed by atoms with van der Waals surface area (Å²) in [6.45, 7) is 3.03. The monoisotopic (exact) mass is 494 g/mol. The lowest BCUT2D eigenvalue weighted by Crippen LogP contribution is -2.38. The summed E-state index contributed by atoms with van der Waals surface area (Å²) in [7, 11) is -3.72. The van der Waals surface area contributed by atoms with Crippen molar-refractivity contribution >= 4 is 15.6 Å². The Kier molecular flexibility index (Phi) is 10.1. The summed E-state index contributed by atoms with van der Waals surface area (Å²) in [5, 5.41) is 0. The van der Waals surface area contributed by atoms with Gasteiger partial charge in [0.15, 0.2) is 0 Å². The van der Waals surface area contributed by atoms with Crippen LogP contribution in [0.1, 0.15) is 13.8 Å². The third-order valence-corrected chi connectivity index (χ3v) is 7.06. The molecule has 2 saturated heterocycles. The van der Waals surface area contributed by atoms with Crippen LogP contribution in [0.25, 0.3) is 0 Å². The van der Waals surface area contributed by atoms with Crippen LogP contribution < -0.4 is 0 Å². The smallest absolute Gasteiger partial charge is 0.382 e. The quantitative estimate of drug-likeness (QED) is 0.369. The fourth-order valence-corrected chi connectivity index (χ4v) is 5.32. The molecule has 0 bridgehead atoms. The van der Waals surface area contributed by atoms with Crippen molar-refractivity contribution in [3.05, 3.63) is 0 Å². The van der Waals surface area contributed by atoms with Crippen molar-refractivity contribution < 1.29 is 60.7 Å². The second kappa shape index (κ2) is 11.4. The number of methoxy groups -OCH3 is 3. The highest BCUT2D eigenvalue weighted by atomic mass is 31.2. The Labute approximate surface area is 181 Å². The van der Waals surface area contributed by atoms with Gasteiger partial charge in [0.1, 0.15) is 36.6 Å². The van der Waals surface area contributed by atoms with E-state index in [0.29, 0.717) is 0 Å². The molecule has 2 heterocycles. The minimum absolute atomic E-state index is 0.117. The van der Waals surface area contributed by atoms with Gasteiger partial charge in [0.25, 0.3) is 0 Å². The molecule has 0 amide bonds. The zero-order chi connectivity index (χ0) is 23.4. The maximum atomic E-state index is 12.6. The Balaban J connectivity index is 2.06. The number of phosphoric acid groups is 2. The van der Waals surface area contributed by atoms with E-state index in [2.05, 4.69) is 4.52 Å². The molecule has 0 aromatic heterocycles. The molecular weight excluding hydrogens is 462 g/mol. The molecule has 2 unspecified atom stereocenters. The highest BCUT2D eigenvalue weighted by molar-refractivity contribution is 7.47. The number of phosphoric ester groups is 2. The van der Waals surface area contributed by atoms with E-state index in [4.69, 9.17) is 37.3 Å². The zero-order valence-corrected chi connectivity index (χ0v) is 20.1.